The zero-order valence-corrected chi connectivity index (χ0v) is 21.3. The fourth-order valence-corrected chi connectivity index (χ4v) is 3.88. The van der Waals surface area contributed by atoms with Gasteiger partial charge in [-0.15, -0.1) is 0 Å². The highest BCUT2D eigenvalue weighted by atomic mass is 19.4. The number of benzene rings is 1. The van der Waals surface area contributed by atoms with Gasteiger partial charge in [0.15, 0.2) is 0 Å². The van der Waals surface area contributed by atoms with E-state index in [1.54, 1.807) is 19.4 Å². The third kappa shape index (κ3) is 10.0. The molecule has 0 spiro atoms. The number of imidazole rings is 1. The Morgan fingerprint density at radius 1 is 1.24 bits per heavy atom. The fraction of sp³-hybridized carbons (Fsp3) is 0.560. The van der Waals surface area contributed by atoms with Crippen LogP contribution in [0.5, 0.6) is 0 Å². The Hall–Kier alpha value is -3.12. The van der Waals surface area contributed by atoms with Gasteiger partial charge in [0.05, 0.1) is 30.7 Å². The first-order valence-electron chi connectivity index (χ1n) is 12.1. The van der Waals surface area contributed by atoms with E-state index < -0.39 is 29.7 Å². The first-order chi connectivity index (χ1) is 17.3. The lowest BCUT2D eigenvalue weighted by molar-refractivity contribution is -0.141. The quantitative estimate of drug-likeness (QED) is 0.504. The minimum Gasteiger partial charge on any atom is -0.481 e. The second-order valence-electron chi connectivity index (χ2n) is 9.49. The molecule has 1 fully saturated rings. The molecule has 0 saturated carbocycles. The maximum atomic E-state index is 12.5. The Morgan fingerprint density at radius 3 is 2.46 bits per heavy atom. The predicted molar refractivity (Wildman–Crippen MR) is 132 cm³/mol. The molecule has 12 heteroatoms. The molecule has 1 saturated heterocycles. The van der Waals surface area contributed by atoms with Crippen LogP contribution < -0.4 is 5.32 Å². The standard InChI is InChI=1S/C14H16F3NO3.C11H19N4O/c1-2-4-11(13(20)21)18-12(19)8-9-5-3-6-10(7-9)14(15,16)17;1-11(2,15-7-10(12)13-9-15)8-14-3-5-16-6-4-14/h3,5-7,11H,2,4,8H2,1H3,(H,18,19)(H,20,21);7,9,12H,3-6,8H2,1-2H3/q;-1. The van der Waals surface area contributed by atoms with Crippen LogP contribution in [0, 0.1) is 0 Å². The van der Waals surface area contributed by atoms with Crippen LogP contribution in [0.1, 0.15) is 44.7 Å². The van der Waals surface area contributed by atoms with E-state index in [0.717, 1.165) is 45.0 Å². The van der Waals surface area contributed by atoms with Gasteiger partial charge in [-0.1, -0.05) is 31.5 Å². The molecule has 1 amide bonds. The largest absolute Gasteiger partial charge is 0.481 e. The van der Waals surface area contributed by atoms with Gasteiger partial charge in [-0.2, -0.15) is 13.2 Å². The summed E-state index contributed by atoms with van der Waals surface area (Å²) < 4.78 is 45.0. The van der Waals surface area contributed by atoms with Crippen molar-refractivity contribution in [2.75, 3.05) is 32.8 Å². The lowest BCUT2D eigenvalue weighted by Crippen LogP contribution is -2.45. The van der Waals surface area contributed by atoms with Crippen molar-refractivity contribution in [1.29, 1.82) is 0 Å². The number of hydrogen-bond acceptors (Lipinski definition) is 5. The number of carboxylic acid groups (broad SMARTS) is 1. The summed E-state index contributed by atoms with van der Waals surface area (Å²) in [6.07, 6.45) is -0.413. The van der Waals surface area contributed by atoms with E-state index >= 15 is 0 Å². The molecule has 2 aromatic rings. The minimum absolute atomic E-state index is 0.0242. The Bertz CT molecular complexity index is 1020. The zero-order valence-electron chi connectivity index (χ0n) is 21.3. The number of ether oxygens (including phenoxy) is 1. The number of carbonyl (C=O) groups is 2. The molecule has 206 valence electrons. The number of aliphatic carboxylic acids is 1. The SMILES string of the molecule is CC(C)(CN1CCOCC1)n1cnc([NH-])c1.CCCC(NC(=O)Cc1cccc(C(F)(F)F)c1)C(=O)O. The van der Waals surface area contributed by atoms with Gasteiger partial charge in [0.2, 0.25) is 5.91 Å². The molecular formula is C25H35F3N5O4-. The fourth-order valence-electron chi connectivity index (χ4n) is 3.88. The predicted octanol–water partition coefficient (Wildman–Crippen LogP) is 4.25. The van der Waals surface area contributed by atoms with E-state index in [9.17, 15) is 22.8 Å². The smallest absolute Gasteiger partial charge is 0.416 e. The molecule has 1 aromatic carbocycles. The average Bonchev–Trinajstić information content (AvgIpc) is 3.26. The second-order valence-corrected chi connectivity index (χ2v) is 9.49. The monoisotopic (exact) mass is 526 g/mol. The van der Waals surface area contributed by atoms with E-state index in [0.29, 0.717) is 12.2 Å². The third-order valence-electron chi connectivity index (χ3n) is 5.83. The van der Waals surface area contributed by atoms with Gasteiger partial charge in [-0.25, -0.2) is 4.79 Å². The maximum absolute atomic E-state index is 12.5. The summed E-state index contributed by atoms with van der Waals surface area (Å²) in [7, 11) is 0. The van der Waals surface area contributed by atoms with E-state index in [2.05, 4.69) is 29.0 Å². The van der Waals surface area contributed by atoms with Gasteiger partial charge in [-0.05, 0) is 44.0 Å². The van der Waals surface area contributed by atoms with Gasteiger partial charge >= 0.3 is 12.1 Å². The van der Waals surface area contributed by atoms with Crippen molar-refractivity contribution in [2.24, 2.45) is 0 Å². The van der Waals surface area contributed by atoms with E-state index in [-0.39, 0.29) is 23.9 Å². The normalized spacial score (nSPS) is 15.4. The Morgan fingerprint density at radius 2 is 1.92 bits per heavy atom. The first kappa shape index (κ1) is 30.1. The molecular weight excluding hydrogens is 491 g/mol. The molecule has 1 aliphatic rings. The van der Waals surface area contributed by atoms with Crippen molar-refractivity contribution in [1.82, 2.24) is 19.8 Å². The Labute approximate surface area is 214 Å². The molecule has 2 heterocycles. The van der Waals surface area contributed by atoms with Gasteiger partial charge in [0.1, 0.15) is 6.04 Å². The van der Waals surface area contributed by atoms with Crippen LogP contribution in [0.4, 0.5) is 19.0 Å². The number of morpholine rings is 1. The number of hydrogen-bond donors (Lipinski definition) is 2. The number of rotatable bonds is 9. The van der Waals surface area contributed by atoms with Crippen LogP contribution >= 0.6 is 0 Å². The Balaban J connectivity index is 0.000000269. The first-order valence-corrected chi connectivity index (χ1v) is 12.1. The van der Waals surface area contributed by atoms with Gasteiger partial charge < -0.3 is 30.4 Å². The van der Waals surface area contributed by atoms with Crippen molar-refractivity contribution >= 4 is 17.7 Å². The lowest BCUT2D eigenvalue weighted by atomic mass is 10.0. The summed E-state index contributed by atoms with van der Waals surface area (Å²) in [5.41, 5.74) is 6.77. The molecule has 0 bridgehead atoms. The topological polar surface area (TPSA) is 120 Å². The number of nitrogens with one attached hydrogen (secondary N) is 2. The second kappa shape index (κ2) is 13.4. The van der Waals surface area contributed by atoms with Crippen LogP contribution in [-0.4, -0.2) is 70.3 Å². The lowest BCUT2D eigenvalue weighted by Gasteiger charge is -2.36. The van der Waals surface area contributed by atoms with Gasteiger partial charge in [0, 0.05) is 25.8 Å². The summed E-state index contributed by atoms with van der Waals surface area (Å²) in [6.45, 7) is 10.7. The van der Waals surface area contributed by atoms with Crippen molar-refractivity contribution in [3.8, 4) is 0 Å². The average molecular weight is 527 g/mol. The van der Waals surface area contributed by atoms with Crippen LogP contribution in [0.2, 0.25) is 0 Å². The number of carbonyl (C=O) groups excluding carboxylic acids is 1. The summed E-state index contributed by atoms with van der Waals surface area (Å²) in [4.78, 5) is 29.0. The molecule has 37 heavy (non-hydrogen) atoms. The minimum atomic E-state index is -4.47. The molecule has 0 radical (unpaired) electrons. The molecule has 3 N–H and O–H groups in total. The van der Waals surface area contributed by atoms with Crippen LogP contribution in [-0.2, 0) is 32.5 Å². The molecule has 9 nitrogen and oxygen atoms in total. The van der Waals surface area contributed by atoms with E-state index in [4.69, 9.17) is 15.6 Å². The van der Waals surface area contributed by atoms with Crippen LogP contribution in [0.25, 0.3) is 5.73 Å². The molecule has 1 aliphatic heterocycles. The number of aromatic nitrogens is 2. The number of alkyl halides is 3. The third-order valence-corrected chi connectivity index (χ3v) is 5.83. The highest BCUT2D eigenvalue weighted by Crippen LogP contribution is 2.29. The van der Waals surface area contributed by atoms with Crippen molar-refractivity contribution in [3.63, 3.8) is 0 Å². The number of amides is 1. The molecule has 1 unspecified atom stereocenters. The number of nitrogens with zero attached hydrogens (tertiary/aromatic N) is 3. The molecule has 0 aliphatic carbocycles. The summed E-state index contributed by atoms with van der Waals surface area (Å²) in [6, 6.07) is 3.39. The highest BCUT2D eigenvalue weighted by molar-refractivity contribution is 5.84. The van der Waals surface area contributed by atoms with E-state index in [1.165, 1.54) is 12.1 Å². The van der Waals surface area contributed by atoms with Crippen molar-refractivity contribution < 1.29 is 32.6 Å². The van der Waals surface area contributed by atoms with Crippen LogP contribution in [0.15, 0.2) is 36.8 Å². The number of carboxylic acids is 1. The van der Waals surface area contributed by atoms with Crippen LogP contribution in [0.3, 0.4) is 0 Å². The zero-order chi connectivity index (χ0) is 27.6. The van der Waals surface area contributed by atoms with E-state index in [1.807, 2.05) is 4.57 Å². The van der Waals surface area contributed by atoms with Crippen molar-refractivity contribution in [3.05, 3.63) is 53.7 Å². The highest BCUT2D eigenvalue weighted by Gasteiger charge is 2.30. The summed E-state index contributed by atoms with van der Waals surface area (Å²) in [5, 5.41) is 11.2. The van der Waals surface area contributed by atoms with Crippen molar-refractivity contribution in [2.45, 2.75) is 57.8 Å². The summed E-state index contributed by atoms with van der Waals surface area (Å²) >= 11 is 0. The van der Waals surface area contributed by atoms with Gasteiger partial charge in [-0.3, -0.25) is 9.69 Å². The molecule has 1 aromatic heterocycles. The Kier molecular flexibility index (Phi) is 10.9. The van der Waals surface area contributed by atoms with Gasteiger partial charge in [0.25, 0.3) is 0 Å². The summed E-state index contributed by atoms with van der Waals surface area (Å²) in [5.74, 6) is -1.44. The number of halogens is 3. The maximum Gasteiger partial charge on any atom is 0.416 e. The molecule has 1 atom stereocenters. The molecule has 3 rings (SSSR count).